The van der Waals surface area contributed by atoms with Gasteiger partial charge in [0, 0.05) is 70.1 Å². The number of anilines is 1. The Bertz CT molecular complexity index is 1390. The molecular weight excluding hydrogens is 553 g/mol. The number of pyridine rings is 1. The number of carbonyl (C=O) groups excluding carboxylic acids is 3. The van der Waals surface area contributed by atoms with Crippen molar-refractivity contribution in [3.8, 4) is 5.88 Å². The van der Waals surface area contributed by atoms with Crippen molar-refractivity contribution in [2.75, 3.05) is 57.8 Å². The number of carbonyl (C=O) groups is 3. The fourth-order valence-electron chi connectivity index (χ4n) is 6.88. The van der Waals surface area contributed by atoms with E-state index in [0.717, 1.165) is 37.2 Å². The Morgan fingerprint density at radius 3 is 2.58 bits per heavy atom. The predicted octanol–water partition coefficient (Wildman–Crippen LogP) is 2.55. The summed E-state index contributed by atoms with van der Waals surface area (Å²) in [5.41, 5.74) is 7.97. The molecular formula is C31H40FN7O4. The summed E-state index contributed by atoms with van der Waals surface area (Å²) in [5.74, 6) is 1.05. The van der Waals surface area contributed by atoms with Crippen LogP contribution in [-0.4, -0.2) is 96.0 Å². The Labute approximate surface area is 251 Å². The number of ether oxygens (including phenoxy) is 1. The SMILES string of the molecule is COc1nc(N2CC3(CCN(C(=O)CCN4CCCC4=O)CC3)N(Cc3cccc(F)c3C)C2=O)ccc1C1CNNC1. The van der Waals surface area contributed by atoms with Gasteiger partial charge in [-0.15, -0.1) is 0 Å². The Kier molecular flexibility index (Phi) is 8.23. The summed E-state index contributed by atoms with van der Waals surface area (Å²) < 4.78 is 20.2. The summed E-state index contributed by atoms with van der Waals surface area (Å²) >= 11 is 0. The molecule has 0 unspecified atom stereocenters. The number of hydrazine groups is 1. The van der Waals surface area contributed by atoms with Crippen LogP contribution in [0.3, 0.4) is 0 Å². The van der Waals surface area contributed by atoms with Crippen LogP contribution in [0.5, 0.6) is 5.88 Å². The summed E-state index contributed by atoms with van der Waals surface area (Å²) in [4.78, 5) is 51.2. The molecule has 43 heavy (non-hydrogen) atoms. The van der Waals surface area contributed by atoms with Crippen LogP contribution >= 0.6 is 0 Å². The molecule has 4 fully saturated rings. The number of nitrogens with zero attached hydrogens (tertiary/aromatic N) is 5. The van der Waals surface area contributed by atoms with Crippen molar-refractivity contribution in [1.82, 2.24) is 30.5 Å². The maximum atomic E-state index is 14.5. The fraction of sp³-hybridized carbons (Fsp3) is 0.548. The quantitative estimate of drug-likeness (QED) is 0.484. The lowest BCUT2D eigenvalue weighted by Gasteiger charge is -2.44. The number of benzene rings is 1. The first kappa shape index (κ1) is 29.3. The van der Waals surface area contributed by atoms with Crippen LogP contribution in [0.1, 0.15) is 54.7 Å². The molecule has 0 bridgehead atoms. The van der Waals surface area contributed by atoms with Crippen LogP contribution in [0.15, 0.2) is 30.3 Å². The molecule has 1 aromatic heterocycles. The van der Waals surface area contributed by atoms with Crippen LogP contribution in [0.25, 0.3) is 0 Å². The van der Waals surface area contributed by atoms with E-state index in [2.05, 4.69) is 10.9 Å². The van der Waals surface area contributed by atoms with Crippen LogP contribution in [0.2, 0.25) is 0 Å². The average molecular weight is 594 g/mol. The van der Waals surface area contributed by atoms with Gasteiger partial charge in [-0.05, 0) is 55.5 Å². The minimum Gasteiger partial charge on any atom is -0.481 e. The highest BCUT2D eigenvalue weighted by Crippen LogP contribution is 2.40. The molecule has 6 rings (SSSR count). The van der Waals surface area contributed by atoms with E-state index < -0.39 is 5.54 Å². The van der Waals surface area contributed by atoms with E-state index >= 15 is 0 Å². The third-order valence-corrected chi connectivity index (χ3v) is 9.62. The van der Waals surface area contributed by atoms with Crippen molar-refractivity contribution in [3.05, 3.63) is 52.8 Å². The molecule has 0 radical (unpaired) electrons. The van der Waals surface area contributed by atoms with Gasteiger partial charge < -0.3 is 19.4 Å². The number of hydrogen-bond acceptors (Lipinski definition) is 7. The van der Waals surface area contributed by atoms with E-state index in [4.69, 9.17) is 9.72 Å². The zero-order valence-electron chi connectivity index (χ0n) is 24.9. The number of urea groups is 1. The highest BCUT2D eigenvalue weighted by molar-refractivity contribution is 5.94. The van der Waals surface area contributed by atoms with Crippen molar-refractivity contribution in [3.63, 3.8) is 0 Å². The molecule has 4 aliphatic heterocycles. The van der Waals surface area contributed by atoms with Gasteiger partial charge in [0.15, 0.2) is 0 Å². The first-order valence-corrected chi connectivity index (χ1v) is 15.2. The Balaban J connectivity index is 1.23. The van der Waals surface area contributed by atoms with Gasteiger partial charge in [0.25, 0.3) is 0 Å². The van der Waals surface area contributed by atoms with Crippen molar-refractivity contribution >= 4 is 23.7 Å². The number of hydrogen-bond donors (Lipinski definition) is 2. The first-order chi connectivity index (χ1) is 20.8. The Morgan fingerprint density at radius 2 is 1.88 bits per heavy atom. The molecule has 230 valence electrons. The van der Waals surface area contributed by atoms with Gasteiger partial charge in [0.1, 0.15) is 11.6 Å². The molecule has 4 aliphatic rings. The molecule has 2 aromatic rings. The van der Waals surface area contributed by atoms with Crippen LogP contribution in [0.4, 0.5) is 15.0 Å². The topological polar surface area (TPSA) is 110 Å². The molecule has 12 heteroatoms. The third-order valence-electron chi connectivity index (χ3n) is 9.62. The second-order valence-corrected chi connectivity index (χ2v) is 12.0. The van der Waals surface area contributed by atoms with Crippen molar-refractivity contribution in [2.45, 2.75) is 57.0 Å². The first-order valence-electron chi connectivity index (χ1n) is 15.2. The number of nitrogens with one attached hydrogen (secondary N) is 2. The monoisotopic (exact) mass is 593 g/mol. The zero-order valence-corrected chi connectivity index (χ0v) is 24.9. The number of methoxy groups -OCH3 is 1. The predicted molar refractivity (Wildman–Crippen MR) is 158 cm³/mol. The zero-order chi connectivity index (χ0) is 30.1. The van der Waals surface area contributed by atoms with Crippen molar-refractivity contribution in [1.29, 1.82) is 0 Å². The average Bonchev–Trinajstić information content (AvgIpc) is 3.76. The number of piperidine rings is 1. The highest BCUT2D eigenvalue weighted by atomic mass is 19.1. The largest absolute Gasteiger partial charge is 0.481 e. The van der Waals surface area contributed by atoms with Gasteiger partial charge in [-0.1, -0.05) is 12.1 Å². The molecule has 4 saturated heterocycles. The molecule has 1 spiro atoms. The standard InChI is InChI=1S/C31H40FN7O4/c1-21-22(5-3-6-25(21)32)19-39-30(42)38(26-9-8-24(29(35-26)43-2)23-17-33-34-18-23)20-31(39)11-15-37(16-12-31)28(41)10-14-36-13-4-7-27(36)40/h3,5-6,8-9,23,33-34H,4,7,10-20H2,1-2H3. The second kappa shape index (κ2) is 12.1. The summed E-state index contributed by atoms with van der Waals surface area (Å²) in [6.45, 7) is 6.10. The van der Waals surface area contributed by atoms with Crippen LogP contribution in [-0.2, 0) is 16.1 Å². The lowest BCUT2D eigenvalue weighted by Crippen LogP contribution is -2.55. The second-order valence-electron chi connectivity index (χ2n) is 12.0. The van der Waals surface area contributed by atoms with E-state index in [-0.39, 0.29) is 36.1 Å². The van der Waals surface area contributed by atoms with Crippen LogP contribution < -0.4 is 20.5 Å². The van der Waals surface area contributed by atoms with Crippen molar-refractivity contribution < 1.29 is 23.5 Å². The molecule has 5 heterocycles. The smallest absolute Gasteiger partial charge is 0.326 e. The minimum absolute atomic E-state index is 0.0288. The molecule has 0 aliphatic carbocycles. The molecule has 11 nitrogen and oxygen atoms in total. The number of rotatable bonds is 8. The van der Waals surface area contributed by atoms with Crippen molar-refractivity contribution in [2.24, 2.45) is 0 Å². The van der Waals surface area contributed by atoms with E-state index in [1.807, 2.05) is 28.0 Å². The number of halogens is 1. The van der Waals surface area contributed by atoms with E-state index in [1.165, 1.54) is 6.07 Å². The van der Waals surface area contributed by atoms with Gasteiger partial charge >= 0.3 is 6.03 Å². The summed E-state index contributed by atoms with van der Waals surface area (Å²) in [5, 5.41) is 0. The molecule has 1 aromatic carbocycles. The minimum atomic E-state index is -0.551. The lowest BCUT2D eigenvalue weighted by molar-refractivity contribution is -0.134. The van der Waals surface area contributed by atoms with Gasteiger partial charge in [-0.25, -0.2) is 9.18 Å². The summed E-state index contributed by atoms with van der Waals surface area (Å²) in [6, 6.07) is 8.62. The van der Waals surface area contributed by atoms with Gasteiger partial charge in [-0.2, -0.15) is 4.98 Å². The van der Waals surface area contributed by atoms with Crippen LogP contribution in [0, 0.1) is 12.7 Å². The van der Waals surface area contributed by atoms with Gasteiger partial charge in [0.05, 0.1) is 19.2 Å². The molecule has 2 N–H and O–H groups in total. The lowest BCUT2D eigenvalue weighted by atomic mass is 9.86. The normalized spacial score (nSPS) is 20.6. The van der Waals surface area contributed by atoms with Gasteiger partial charge in [0.2, 0.25) is 17.7 Å². The maximum Gasteiger partial charge on any atom is 0.326 e. The number of amides is 4. The summed E-state index contributed by atoms with van der Waals surface area (Å²) in [7, 11) is 1.59. The Hall–Kier alpha value is -3.77. The number of likely N-dealkylation sites (tertiary alicyclic amines) is 2. The number of aromatic nitrogens is 1. The van der Waals surface area contributed by atoms with E-state index in [1.54, 1.807) is 29.9 Å². The highest BCUT2D eigenvalue weighted by Gasteiger charge is 2.52. The van der Waals surface area contributed by atoms with E-state index in [9.17, 15) is 18.8 Å². The summed E-state index contributed by atoms with van der Waals surface area (Å²) in [6.07, 6.45) is 2.89. The fourth-order valence-corrected chi connectivity index (χ4v) is 6.88. The molecule has 0 atom stereocenters. The molecule has 0 saturated carbocycles. The third kappa shape index (κ3) is 5.65. The van der Waals surface area contributed by atoms with Gasteiger partial charge in [-0.3, -0.25) is 25.3 Å². The van der Waals surface area contributed by atoms with E-state index in [0.29, 0.717) is 69.1 Å². The molecule has 4 amide bonds. The maximum absolute atomic E-state index is 14.5. The Morgan fingerprint density at radius 1 is 1.12 bits per heavy atom.